The van der Waals surface area contributed by atoms with E-state index in [1.54, 1.807) is 14.2 Å². The average molecular weight is 360 g/mol. The van der Waals surface area contributed by atoms with Crippen LogP contribution in [0, 0.1) is 5.41 Å². The first-order valence-corrected chi connectivity index (χ1v) is 9.05. The lowest BCUT2D eigenvalue weighted by Crippen LogP contribution is -2.58. The van der Waals surface area contributed by atoms with E-state index in [4.69, 9.17) is 19.2 Å². The molecule has 1 aliphatic carbocycles. The number of rotatable bonds is 6. The lowest BCUT2D eigenvalue weighted by molar-refractivity contribution is -0.158. The summed E-state index contributed by atoms with van der Waals surface area (Å²) in [6.45, 7) is 6.81. The Morgan fingerprint density at radius 3 is 2.65 bits per heavy atom. The maximum atomic E-state index is 12.8. The van der Waals surface area contributed by atoms with Gasteiger partial charge in [-0.25, -0.2) is 0 Å². The summed E-state index contributed by atoms with van der Waals surface area (Å²) in [4.78, 5) is 17.7. The number of carbonyl (C=O) groups excluding carboxylic acids is 1. The number of ether oxygens (including phenoxy) is 3. The van der Waals surface area contributed by atoms with Crippen molar-refractivity contribution in [3.05, 3.63) is 35.4 Å². The number of methoxy groups -OCH3 is 2. The highest BCUT2D eigenvalue weighted by Gasteiger charge is 2.59. The van der Waals surface area contributed by atoms with Gasteiger partial charge in [0.25, 0.3) is 0 Å². The van der Waals surface area contributed by atoms with E-state index in [-0.39, 0.29) is 23.7 Å². The molecule has 3 aliphatic rings. The number of esters is 1. The van der Waals surface area contributed by atoms with Crippen molar-refractivity contribution in [1.29, 1.82) is 0 Å². The molecular formula is C20H28N2O4. The Balaban J connectivity index is 2.00. The third-order valence-corrected chi connectivity index (χ3v) is 5.66. The summed E-state index contributed by atoms with van der Waals surface area (Å²) in [5.41, 5.74) is 1.26. The molecule has 0 spiro atoms. The van der Waals surface area contributed by atoms with Crippen LogP contribution in [0.3, 0.4) is 0 Å². The van der Waals surface area contributed by atoms with Crippen LogP contribution in [-0.4, -0.2) is 45.5 Å². The number of nitrogens with zero attached hydrogens (tertiary/aromatic N) is 1. The molecule has 0 saturated heterocycles. The van der Waals surface area contributed by atoms with Crippen LogP contribution in [0.4, 0.5) is 0 Å². The molecule has 3 unspecified atom stereocenters. The summed E-state index contributed by atoms with van der Waals surface area (Å²) < 4.78 is 15.9. The molecule has 4 rings (SSSR count). The Bertz CT molecular complexity index is 716. The van der Waals surface area contributed by atoms with Gasteiger partial charge in [-0.1, -0.05) is 24.3 Å². The van der Waals surface area contributed by atoms with Crippen LogP contribution in [0.15, 0.2) is 29.3 Å². The number of carbonyl (C=O) groups is 1. The van der Waals surface area contributed by atoms with Gasteiger partial charge in [0, 0.05) is 14.2 Å². The van der Waals surface area contributed by atoms with Crippen LogP contribution in [0.5, 0.6) is 0 Å². The molecule has 6 nitrogen and oxygen atoms in total. The van der Waals surface area contributed by atoms with Gasteiger partial charge in [-0.05, 0) is 38.3 Å². The monoisotopic (exact) mass is 360 g/mol. The second-order valence-electron chi connectivity index (χ2n) is 7.40. The quantitative estimate of drug-likeness (QED) is 0.624. The Hall–Kier alpha value is -1.92. The van der Waals surface area contributed by atoms with Gasteiger partial charge in [0.15, 0.2) is 6.29 Å². The van der Waals surface area contributed by atoms with Crippen molar-refractivity contribution >= 4 is 11.8 Å². The van der Waals surface area contributed by atoms with Crippen LogP contribution < -0.4 is 5.32 Å². The minimum absolute atomic E-state index is 0.180. The third-order valence-electron chi connectivity index (χ3n) is 5.66. The minimum Gasteiger partial charge on any atom is -0.466 e. The van der Waals surface area contributed by atoms with E-state index in [2.05, 4.69) is 24.4 Å². The normalized spacial score (nSPS) is 29.3. The molecule has 0 saturated carbocycles. The molecule has 0 fully saturated rings. The van der Waals surface area contributed by atoms with Crippen molar-refractivity contribution < 1.29 is 19.0 Å². The van der Waals surface area contributed by atoms with Crippen LogP contribution in [0.25, 0.3) is 0 Å². The molecule has 26 heavy (non-hydrogen) atoms. The number of benzene rings is 1. The number of nitrogens with one attached hydrogen (secondary N) is 1. The third kappa shape index (κ3) is 2.81. The maximum absolute atomic E-state index is 12.8. The molecule has 0 radical (unpaired) electrons. The van der Waals surface area contributed by atoms with E-state index >= 15 is 0 Å². The van der Waals surface area contributed by atoms with Crippen LogP contribution in [0.2, 0.25) is 0 Å². The summed E-state index contributed by atoms with van der Waals surface area (Å²) in [5, 5.41) is 3.39. The summed E-state index contributed by atoms with van der Waals surface area (Å²) in [6, 6.07) is 7.99. The van der Waals surface area contributed by atoms with Gasteiger partial charge in [0.05, 0.1) is 30.0 Å². The van der Waals surface area contributed by atoms with Crippen molar-refractivity contribution in [2.45, 2.75) is 44.9 Å². The highest BCUT2D eigenvalue weighted by Crippen LogP contribution is 2.58. The predicted molar refractivity (Wildman–Crippen MR) is 99.1 cm³/mol. The van der Waals surface area contributed by atoms with Gasteiger partial charge in [0.1, 0.15) is 5.84 Å². The number of fused-ring (bicyclic) bond motifs is 1. The SMILES string of the molecule is CCOC(=O)C1(C)CC2(C)C(NCC(OC)OC)=NC1c1ccccc12. The van der Waals surface area contributed by atoms with Crippen LogP contribution in [-0.2, 0) is 24.4 Å². The van der Waals surface area contributed by atoms with E-state index in [1.807, 2.05) is 26.0 Å². The first-order valence-electron chi connectivity index (χ1n) is 9.05. The molecule has 2 aliphatic heterocycles. The van der Waals surface area contributed by atoms with E-state index in [1.165, 1.54) is 5.56 Å². The van der Waals surface area contributed by atoms with E-state index in [0.29, 0.717) is 19.6 Å². The number of hydrogen-bond donors (Lipinski definition) is 1. The van der Waals surface area contributed by atoms with E-state index in [0.717, 1.165) is 11.4 Å². The standard InChI is InChI=1S/C20H28N2O4/c1-6-26-18(23)20(3)12-19(2)14-10-8-7-9-13(14)16(20)22-17(19)21-11-15(24-4)25-5/h7-10,15-16H,6,11-12H2,1-5H3,(H,21,22). The molecule has 142 valence electrons. The van der Waals surface area contributed by atoms with Crippen molar-refractivity contribution in [1.82, 2.24) is 5.32 Å². The molecule has 1 aromatic rings. The van der Waals surface area contributed by atoms with Crippen molar-refractivity contribution in [3.63, 3.8) is 0 Å². The summed E-state index contributed by atoms with van der Waals surface area (Å²) in [6.07, 6.45) is 0.296. The molecule has 3 atom stereocenters. The molecule has 6 heteroatoms. The van der Waals surface area contributed by atoms with Crippen molar-refractivity contribution in [2.75, 3.05) is 27.4 Å². The fraction of sp³-hybridized carbons (Fsp3) is 0.600. The van der Waals surface area contributed by atoms with Crippen molar-refractivity contribution in [3.8, 4) is 0 Å². The minimum atomic E-state index is -0.674. The fourth-order valence-electron chi connectivity index (χ4n) is 4.37. The Morgan fingerprint density at radius 1 is 1.31 bits per heavy atom. The van der Waals surface area contributed by atoms with Gasteiger partial charge < -0.3 is 19.5 Å². The van der Waals surface area contributed by atoms with E-state index < -0.39 is 5.41 Å². The molecule has 0 amide bonds. The van der Waals surface area contributed by atoms with Gasteiger partial charge >= 0.3 is 5.97 Å². The molecule has 1 aromatic carbocycles. The molecule has 1 N–H and O–H groups in total. The van der Waals surface area contributed by atoms with Gasteiger partial charge in [-0.15, -0.1) is 0 Å². The molecule has 0 aromatic heterocycles. The fourth-order valence-corrected chi connectivity index (χ4v) is 4.37. The summed E-state index contributed by atoms with van der Waals surface area (Å²) >= 11 is 0. The topological polar surface area (TPSA) is 69.2 Å². The van der Waals surface area contributed by atoms with Crippen LogP contribution in [0.1, 0.15) is 44.4 Å². The first kappa shape index (κ1) is 18.9. The lowest BCUT2D eigenvalue weighted by atomic mass is 9.56. The number of hydrogen-bond acceptors (Lipinski definition) is 6. The number of amidine groups is 1. The zero-order chi connectivity index (χ0) is 18.9. The Morgan fingerprint density at radius 2 is 2.00 bits per heavy atom. The summed E-state index contributed by atoms with van der Waals surface area (Å²) in [5.74, 6) is 0.697. The summed E-state index contributed by atoms with van der Waals surface area (Å²) in [7, 11) is 3.22. The molecular weight excluding hydrogens is 332 g/mol. The van der Waals surface area contributed by atoms with Crippen LogP contribution >= 0.6 is 0 Å². The smallest absolute Gasteiger partial charge is 0.314 e. The highest BCUT2D eigenvalue weighted by molar-refractivity contribution is 5.98. The second-order valence-corrected chi connectivity index (χ2v) is 7.40. The van der Waals surface area contributed by atoms with Crippen molar-refractivity contribution in [2.24, 2.45) is 10.4 Å². The zero-order valence-corrected chi connectivity index (χ0v) is 16.2. The van der Waals surface area contributed by atoms with Gasteiger partial charge in [0.2, 0.25) is 0 Å². The number of aliphatic imine (C=N–C) groups is 1. The molecule has 2 bridgehead atoms. The molecule has 2 heterocycles. The van der Waals surface area contributed by atoms with E-state index in [9.17, 15) is 4.79 Å². The zero-order valence-electron chi connectivity index (χ0n) is 16.2. The average Bonchev–Trinajstić information content (AvgIpc) is 2.64. The lowest BCUT2D eigenvalue weighted by Gasteiger charge is -2.52. The highest BCUT2D eigenvalue weighted by atomic mass is 16.7. The largest absolute Gasteiger partial charge is 0.466 e. The Kier molecular flexibility index (Phi) is 5.08. The predicted octanol–water partition coefficient (Wildman–Crippen LogP) is 2.58. The van der Waals surface area contributed by atoms with Gasteiger partial charge in [-0.3, -0.25) is 9.79 Å². The maximum Gasteiger partial charge on any atom is 0.314 e. The Labute approximate surface area is 154 Å². The first-order chi connectivity index (χ1) is 12.4. The second kappa shape index (κ2) is 7.00. The van der Waals surface area contributed by atoms with Gasteiger partial charge in [-0.2, -0.15) is 0 Å².